The Bertz CT molecular complexity index is 854. The van der Waals surface area contributed by atoms with Crippen molar-refractivity contribution in [3.63, 3.8) is 0 Å². The predicted octanol–water partition coefficient (Wildman–Crippen LogP) is 2.89. The highest BCUT2D eigenvalue weighted by Crippen LogP contribution is 2.36. The Morgan fingerprint density at radius 2 is 2.14 bits per heavy atom. The predicted molar refractivity (Wildman–Crippen MR) is 107 cm³/mol. The minimum absolute atomic E-state index is 0.132. The summed E-state index contributed by atoms with van der Waals surface area (Å²) in [5, 5.41) is 12.3. The third-order valence-electron chi connectivity index (χ3n) is 4.61. The van der Waals surface area contributed by atoms with Gasteiger partial charge in [0.15, 0.2) is 0 Å². The van der Waals surface area contributed by atoms with Gasteiger partial charge in [-0.05, 0) is 18.6 Å². The average molecular weight is 404 g/mol. The van der Waals surface area contributed by atoms with Crippen LogP contribution < -0.4 is 19.7 Å². The van der Waals surface area contributed by atoms with Crippen LogP contribution in [0, 0.1) is 5.92 Å². The van der Waals surface area contributed by atoms with Gasteiger partial charge in [-0.15, -0.1) is 10.2 Å². The monoisotopic (exact) mass is 404 g/mol. The first kappa shape index (κ1) is 20.1. The van der Waals surface area contributed by atoms with Gasteiger partial charge in [-0.25, -0.2) is 0 Å². The van der Waals surface area contributed by atoms with Gasteiger partial charge in [-0.1, -0.05) is 24.7 Å². The van der Waals surface area contributed by atoms with Crippen LogP contribution in [0.25, 0.3) is 0 Å². The second-order valence-electron chi connectivity index (χ2n) is 6.54. The fraction of sp³-hybridized carbons (Fsp3) is 0.474. The van der Waals surface area contributed by atoms with Gasteiger partial charge < -0.3 is 19.7 Å². The number of carbonyl (C=O) groups excluding carboxylic acids is 2. The third kappa shape index (κ3) is 4.41. The molecule has 0 spiro atoms. The molecule has 3 rings (SSSR count). The number of methoxy groups -OCH3 is 2. The van der Waals surface area contributed by atoms with E-state index in [0.717, 1.165) is 24.3 Å². The molecule has 28 heavy (non-hydrogen) atoms. The molecule has 2 amide bonds. The van der Waals surface area contributed by atoms with Crippen molar-refractivity contribution < 1.29 is 19.1 Å². The highest BCUT2D eigenvalue weighted by atomic mass is 32.1. The number of hydrogen-bond acceptors (Lipinski definition) is 7. The van der Waals surface area contributed by atoms with E-state index >= 15 is 0 Å². The molecule has 2 heterocycles. The SMILES string of the molecule is CCCCc1nnc(NC(=O)[C@H]2CC(=O)N(c3cc(OC)ccc3OC)C2)s1. The average Bonchev–Trinajstić information content (AvgIpc) is 3.32. The minimum atomic E-state index is -0.466. The molecule has 1 aromatic heterocycles. The minimum Gasteiger partial charge on any atom is -0.497 e. The Kier molecular flexibility index (Phi) is 6.45. The lowest BCUT2D eigenvalue weighted by atomic mass is 10.1. The third-order valence-corrected chi connectivity index (χ3v) is 5.51. The maximum Gasteiger partial charge on any atom is 0.231 e. The number of nitrogens with one attached hydrogen (secondary N) is 1. The van der Waals surface area contributed by atoms with Crippen molar-refractivity contribution >= 4 is 34.0 Å². The zero-order valence-corrected chi connectivity index (χ0v) is 17.0. The van der Waals surface area contributed by atoms with Crippen LogP contribution in [0.2, 0.25) is 0 Å². The second kappa shape index (κ2) is 9.01. The van der Waals surface area contributed by atoms with E-state index in [1.165, 1.54) is 11.3 Å². The number of rotatable bonds is 8. The summed E-state index contributed by atoms with van der Waals surface area (Å²) in [6.45, 7) is 2.39. The number of ether oxygens (including phenoxy) is 2. The standard InChI is InChI=1S/C19H24N4O4S/c1-4-5-6-16-21-22-19(28-16)20-18(25)12-9-17(24)23(11-12)14-10-13(26-2)7-8-15(14)27-3/h7-8,10,12H,4-6,9,11H2,1-3H3,(H,20,22,25)/t12-/m0/s1. The Labute approximate surface area is 167 Å². The van der Waals surface area contributed by atoms with Crippen molar-refractivity contribution in [1.82, 2.24) is 10.2 Å². The van der Waals surface area contributed by atoms with Crippen LogP contribution in [0.3, 0.4) is 0 Å². The molecule has 1 aliphatic rings. The van der Waals surface area contributed by atoms with Gasteiger partial charge >= 0.3 is 0 Å². The molecule has 0 unspecified atom stereocenters. The van der Waals surface area contributed by atoms with Crippen LogP contribution in [0.5, 0.6) is 11.5 Å². The van der Waals surface area contributed by atoms with Crippen LogP contribution >= 0.6 is 11.3 Å². The van der Waals surface area contributed by atoms with Crippen molar-refractivity contribution in [2.24, 2.45) is 5.92 Å². The lowest BCUT2D eigenvalue weighted by molar-refractivity contribution is -0.122. The van der Waals surface area contributed by atoms with E-state index in [9.17, 15) is 9.59 Å². The first-order valence-corrected chi connectivity index (χ1v) is 10.0. The first-order chi connectivity index (χ1) is 13.5. The van der Waals surface area contributed by atoms with Crippen molar-refractivity contribution in [3.8, 4) is 11.5 Å². The molecule has 2 aromatic rings. The summed E-state index contributed by atoms with van der Waals surface area (Å²) in [6, 6.07) is 5.24. The Morgan fingerprint density at radius 1 is 1.32 bits per heavy atom. The fourth-order valence-corrected chi connectivity index (χ4v) is 3.85. The molecule has 1 aromatic carbocycles. The van der Waals surface area contributed by atoms with Gasteiger partial charge in [-0.2, -0.15) is 0 Å². The summed E-state index contributed by atoms with van der Waals surface area (Å²) < 4.78 is 10.6. The molecule has 1 aliphatic heterocycles. The van der Waals surface area contributed by atoms with Crippen molar-refractivity contribution in [1.29, 1.82) is 0 Å². The van der Waals surface area contributed by atoms with Gasteiger partial charge in [0.2, 0.25) is 16.9 Å². The van der Waals surface area contributed by atoms with Gasteiger partial charge in [-0.3, -0.25) is 9.59 Å². The van der Waals surface area contributed by atoms with E-state index in [0.29, 0.717) is 22.3 Å². The number of aryl methyl sites for hydroxylation is 1. The topological polar surface area (TPSA) is 93.7 Å². The van der Waals surface area contributed by atoms with Gasteiger partial charge in [0, 0.05) is 25.5 Å². The first-order valence-electron chi connectivity index (χ1n) is 9.21. The molecule has 0 bridgehead atoms. The van der Waals surface area contributed by atoms with Crippen molar-refractivity contribution in [2.45, 2.75) is 32.6 Å². The van der Waals surface area contributed by atoms with E-state index < -0.39 is 5.92 Å². The number of anilines is 2. The Balaban J connectivity index is 1.68. The van der Waals surface area contributed by atoms with Crippen LogP contribution in [0.4, 0.5) is 10.8 Å². The molecule has 0 radical (unpaired) electrons. The van der Waals surface area contributed by atoms with Crippen LogP contribution in [0.15, 0.2) is 18.2 Å². The second-order valence-corrected chi connectivity index (χ2v) is 7.60. The molecule has 1 N–H and O–H groups in total. The molecule has 0 saturated carbocycles. The number of unbranched alkanes of at least 4 members (excludes halogenated alkanes) is 1. The highest BCUT2D eigenvalue weighted by Gasteiger charge is 2.36. The van der Waals surface area contributed by atoms with E-state index in [4.69, 9.17) is 9.47 Å². The zero-order chi connectivity index (χ0) is 20.1. The summed E-state index contributed by atoms with van der Waals surface area (Å²) in [4.78, 5) is 26.8. The lowest BCUT2D eigenvalue weighted by Gasteiger charge is -2.20. The molecule has 1 atom stereocenters. The van der Waals surface area contributed by atoms with Crippen molar-refractivity contribution in [2.75, 3.05) is 31.0 Å². The normalized spacial score (nSPS) is 16.3. The highest BCUT2D eigenvalue weighted by molar-refractivity contribution is 7.15. The molecular weight excluding hydrogens is 380 g/mol. The molecule has 1 saturated heterocycles. The summed E-state index contributed by atoms with van der Waals surface area (Å²) in [5.41, 5.74) is 0.597. The van der Waals surface area contributed by atoms with Crippen molar-refractivity contribution in [3.05, 3.63) is 23.2 Å². The maximum absolute atomic E-state index is 12.6. The van der Waals surface area contributed by atoms with E-state index in [1.807, 2.05) is 0 Å². The van der Waals surface area contributed by atoms with Gasteiger partial charge in [0.1, 0.15) is 16.5 Å². The lowest BCUT2D eigenvalue weighted by Crippen LogP contribution is -2.28. The molecule has 150 valence electrons. The van der Waals surface area contributed by atoms with E-state index in [2.05, 4.69) is 22.4 Å². The molecule has 1 fully saturated rings. The summed E-state index contributed by atoms with van der Waals surface area (Å²) in [5.74, 6) is 0.347. The summed E-state index contributed by atoms with van der Waals surface area (Å²) in [6.07, 6.45) is 3.11. The Morgan fingerprint density at radius 3 is 2.86 bits per heavy atom. The number of aromatic nitrogens is 2. The van der Waals surface area contributed by atoms with Gasteiger partial charge in [0.25, 0.3) is 0 Å². The van der Waals surface area contributed by atoms with E-state index in [-0.39, 0.29) is 24.8 Å². The summed E-state index contributed by atoms with van der Waals surface area (Å²) in [7, 11) is 3.10. The quantitative estimate of drug-likeness (QED) is 0.727. The molecule has 8 nitrogen and oxygen atoms in total. The largest absolute Gasteiger partial charge is 0.497 e. The maximum atomic E-state index is 12.6. The number of amides is 2. The smallest absolute Gasteiger partial charge is 0.231 e. The number of carbonyl (C=O) groups is 2. The van der Waals surface area contributed by atoms with Crippen LogP contribution in [0.1, 0.15) is 31.2 Å². The zero-order valence-electron chi connectivity index (χ0n) is 16.2. The Hall–Kier alpha value is -2.68. The fourth-order valence-electron chi connectivity index (χ4n) is 3.06. The molecule has 9 heteroatoms. The summed E-state index contributed by atoms with van der Waals surface area (Å²) >= 11 is 1.38. The number of benzene rings is 1. The number of hydrogen-bond donors (Lipinski definition) is 1. The van der Waals surface area contributed by atoms with Crippen LogP contribution in [-0.2, 0) is 16.0 Å². The number of nitrogens with zero attached hydrogens (tertiary/aromatic N) is 3. The molecule has 0 aliphatic carbocycles. The van der Waals surface area contributed by atoms with Crippen LogP contribution in [-0.4, -0.2) is 42.8 Å². The van der Waals surface area contributed by atoms with E-state index in [1.54, 1.807) is 37.3 Å². The van der Waals surface area contributed by atoms with Gasteiger partial charge in [0.05, 0.1) is 25.8 Å². The molecular formula is C19H24N4O4S.